The molecule has 2 saturated heterocycles. The van der Waals surface area contributed by atoms with Crippen LogP contribution in [0.15, 0.2) is 66.7 Å². The Kier molecular flexibility index (Phi) is 9.56. The molecule has 5 nitrogen and oxygen atoms in total. The van der Waals surface area contributed by atoms with Gasteiger partial charge in [0.25, 0.3) is 5.91 Å². The summed E-state index contributed by atoms with van der Waals surface area (Å²) in [7, 11) is 0. The molecule has 3 aromatic rings. The van der Waals surface area contributed by atoms with Gasteiger partial charge in [0.15, 0.2) is 6.61 Å². The molecular formula is C33H38Cl2N2O3. The molecule has 0 spiro atoms. The minimum atomic E-state index is -0.186. The molecular weight excluding hydrogens is 543 g/mol. The smallest absolute Gasteiger partial charge is 0.262 e. The average molecular weight is 582 g/mol. The highest BCUT2D eigenvalue weighted by atomic mass is 35.5. The highest BCUT2D eigenvalue weighted by Crippen LogP contribution is 2.44. The fourth-order valence-electron chi connectivity index (χ4n) is 5.86. The second kappa shape index (κ2) is 13.3. The third kappa shape index (κ3) is 7.12. The number of ether oxygens (including phenoxy) is 2. The van der Waals surface area contributed by atoms with Crippen LogP contribution in [-0.4, -0.2) is 32.2 Å². The molecule has 1 amide bonds. The zero-order chi connectivity index (χ0) is 28.1. The van der Waals surface area contributed by atoms with Gasteiger partial charge in [-0.05, 0) is 97.2 Å². The summed E-state index contributed by atoms with van der Waals surface area (Å²) in [6, 6.07) is 21.9. The predicted octanol–water partition coefficient (Wildman–Crippen LogP) is 8.52. The third-order valence-electron chi connectivity index (χ3n) is 8.12. The number of benzene rings is 3. The number of hydrogen-bond donors (Lipinski definition) is 1. The molecule has 2 aliphatic rings. The minimum absolute atomic E-state index is 0.0465. The molecule has 0 aliphatic carbocycles. The van der Waals surface area contributed by atoms with Gasteiger partial charge in [-0.15, -0.1) is 0 Å². The Morgan fingerprint density at radius 2 is 1.75 bits per heavy atom. The van der Waals surface area contributed by atoms with Gasteiger partial charge in [0.1, 0.15) is 5.75 Å². The second-order valence-corrected chi connectivity index (χ2v) is 12.1. The first-order valence-electron chi connectivity index (χ1n) is 14.3. The van der Waals surface area contributed by atoms with Crippen molar-refractivity contribution in [3.63, 3.8) is 0 Å². The lowest BCUT2D eigenvalue weighted by Gasteiger charge is -2.39. The Bertz CT molecular complexity index is 1290. The summed E-state index contributed by atoms with van der Waals surface area (Å²) >= 11 is 12.4. The molecule has 0 radical (unpaired) electrons. The fraction of sp³-hybridized carbons (Fsp3) is 0.424. The van der Waals surface area contributed by atoms with Gasteiger partial charge in [0, 0.05) is 30.4 Å². The number of anilines is 2. The third-order valence-corrected chi connectivity index (χ3v) is 8.86. The van der Waals surface area contributed by atoms with Crippen LogP contribution in [0.4, 0.5) is 11.4 Å². The van der Waals surface area contributed by atoms with Crippen molar-refractivity contribution in [2.45, 2.75) is 51.6 Å². The van der Waals surface area contributed by atoms with Crippen LogP contribution in [0.2, 0.25) is 10.0 Å². The fourth-order valence-corrected chi connectivity index (χ4v) is 6.17. The van der Waals surface area contributed by atoms with Crippen LogP contribution in [0.1, 0.15) is 62.7 Å². The van der Waals surface area contributed by atoms with E-state index in [1.54, 1.807) is 0 Å². The summed E-state index contributed by atoms with van der Waals surface area (Å²) in [5.74, 6) is 1.47. The maximum absolute atomic E-state index is 12.6. The quantitative estimate of drug-likeness (QED) is 0.290. The van der Waals surface area contributed by atoms with Crippen LogP contribution in [0.3, 0.4) is 0 Å². The van der Waals surface area contributed by atoms with Crippen LogP contribution < -0.4 is 15.0 Å². The first-order valence-corrected chi connectivity index (χ1v) is 15.1. The van der Waals surface area contributed by atoms with Gasteiger partial charge in [-0.2, -0.15) is 0 Å². The van der Waals surface area contributed by atoms with E-state index < -0.39 is 0 Å². The van der Waals surface area contributed by atoms with Crippen LogP contribution >= 0.6 is 23.2 Å². The normalized spacial score (nSPS) is 21.3. The molecule has 2 aliphatic heterocycles. The molecule has 40 heavy (non-hydrogen) atoms. The average Bonchev–Trinajstić information content (AvgIpc) is 2.98. The van der Waals surface area contributed by atoms with Crippen molar-refractivity contribution in [3.05, 3.63) is 87.9 Å². The summed E-state index contributed by atoms with van der Waals surface area (Å²) < 4.78 is 12.4. The number of carbonyl (C=O) groups excluding carboxylic acids is 1. The van der Waals surface area contributed by atoms with Crippen molar-refractivity contribution in [2.75, 3.05) is 36.5 Å². The van der Waals surface area contributed by atoms with E-state index in [0.29, 0.717) is 34.2 Å². The number of piperidine rings is 1. The van der Waals surface area contributed by atoms with Gasteiger partial charge in [-0.1, -0.05) is 55.2 Å². The maximum atomic E-state index is 12.6. The molecule has 0 bridgehead atoms. The van der Waals surface area contributed by atoms with E-state index >= 15 is 0 Å². The molecule has 0 saturated carbocycles. The number of rotatable bonds is 8. The largest absolute Gasteiger partial charge is 0.484 e. The molecule has 0 aromatic heterocycles. The SMILES string of the molecule is CC(C)[C@@H]1C[C@H](c2ccc(Cl)c(Cl)c2)CO[C@H]1c1cccc(OCC(=O)Nc2ccc(N3CCCCC3)cc2)c1. The topological polar surface area (TPSA) is 50.8 Å². The van der Waals surface area contributed by atoms with Crippen molar-refractivity contribution in [3.8, 4) is 5.75 Å². The molecule has 5 rings (SSSR count). The lowest BCUT2D eigenvalue weighted by Crippen LogP contribution is -2.31. The van der Waals surface area contributed by atoms with Crippen LogP contribution in [0.5, 0.6) is 5.75 Å². The number of amides is 1. The molecule has 2 heterocycles. The second-order valence-electron chi connectivity index (χ2n) is 11.3. The number of nitrogens with one attached hydrogen (secondary N) is 1. The zero-order valence-corrected chi connectivity index (χ0v) is 24.8. The molecule has 212 valence electrons. The number of hydrogen-bond acceptors (Lipinski definition) is 4. The standard InChI is InChI=1S/C33H38Cl2N2O3/c1-22(2)29-18-25(23-9-14-30(34)31(35)19-23)20-40-33(29)24-7-6-8-28(17-24)39-21-32(38)36-26-10-12-27(13-11-26)37-15-4-3-5-16-37/h6-14,17,19,22,25,29,33H,3-5,15-16,18,20-21H2,1-2H3,(H,36,38)/t25-,29-,33-/m0/s1. The first kappa shape index (κ1) is 28.8. The van der Waals surface area contributed by atoms with Crippen molar-refractivity contribution < 1.29 is 14.3 Å². The molecule has 2 fully saturated rings. The molecule has 0 unspecified atom stereocenters. The van der Waals surface area contributed by atoms with E-state index in [9.17, 15) is 4.79 Å². The summed E-state index contributed by atoms with van der Waals surface area (Å²) in [5, 5.41) is 4.09. The first-order chi connectivity index (χ1) is 19.4. The van der Waals surface area contributed by atoms with Crippen LogP contribution in [-0.2, 0) is 9.53 Å². The van der Waals surface area contributed by atoms with Gasteiger partial charge < -0.3 is 19.7 Å². The van der Waals surface area contributed by atoms with Gasteiger partial charge in [0.2, 0.25) is 0 Å². The summed E-state index contributed by atoms with van der Waals surface area (Å²) in [6.45, 7) is 7.22. The Hall–Kier alpha value is -2.73. The lowest BCUT2D eigenvalue weighted by atomic mass is 9.76. The Balaban J connectivity index is 1.18. The minimum Gasteiger partial charge on any atom is -0.484 e. The maximum Gasteiger partial charge on any atom is 0.262 e. The summed E-state index contributed by atoms with van der Waals surface area (Å²) in [5.41, 5.74) is 4.20. The van der Waals surface area contributed by atoms with E-state index in [4.69, 9.17) is 32.7 Å². The highest BCUT2D eigenvalue weighted by molar-refractivity contribution is 6.42. The Labute approximate surface area is 247 Å². The molecule has 7 heteroatoms. The lowest BCUT2D eigenvalue weighted by molar-refractivity contribution is -0.118. The molecule has 3 atom stereocenters. The Morgan fingerprint density at radius 1 is 0.975 bits per heavy atom. The van der Waals surface area contributed by atoms with Crippen LogP contribution in [0, 0.1) is 11.8 Å². The zero-order valence-electron chi connectivity index (χ0n) is 23.2. The van der Waals surface area contributed by atoms with E-state index in [0.717, 1.165) is 36.3 Å². The summed E-state index contributed by atoms with van der Waals surface area (Å²) in [4.78, 5) is 15.0. The van der Waals surface area contributed by atoms with Gasteiger partial charge in [-0.3, -0.25) is 4.79 Å². The summed E-state index contributed by atoms with van der Waals surface area (Å²) in [6.07, 6.45) is 4.72. The van der Waals surface area contributed by atoms with E-state index in [1.807, 2.05) is 48.5 Å². The van der Waals surface area contributed by atoms with Crippen molar-refractivity contribution in [2.24, 2.45) is 11.8 Å². The van der Waals surface area contributed by atoms with Crippen molar-refractivity contribution >= 4 is 40.5 Å². The number of carbonyl (C=O) groups is 1. The van der Waals surface area contributed by atoms with Crippen LogP contribution in [0.25, 0.3) is 0 Å². The van der Waals surface area contributed by atoms with Gasteiger partial charge in [-0.25, -0.2) is 0 Å². The van der Waals surface area contributed by atoms with Gasteiger partial charge in [0.05, 0.1) is 22.8 Å². The van der Waals surface area contributed by atoms with Gasteiger partial charge >= 0.3 is 0 Å². The molecule has 3 aromatic carbocycles. The predicted molar refractivity (Wildman–Crippen MR) is 164 cm³/mol. The number of nitrogens with zero attached hydrogens (tertiary/aromatic N) is 1. The van der Waals surface area contributed by atoms with E-state index in [1.165, 1.54) is 24.9 Å². The molecule has 1 N–H and O–H groups in total. The number of halogens is 2. The Morgan fingerprint density at radius 3 is 2.48 bits per heavy atom. The van der Waals surface area contributed by atoms with E-state index in [-0.39, 0.29) is 24.5 Å². The highest BCUT2D eigenvalue weighted by Gasteiger charge is 2.35. The van der Waals surface area contributed by atoms with Crippen molar-refractivity contribution in [1.29, 1.82) is 0 Å². The monoisotopic (exact) mass is 580 g/mol. The van der Waals surface area contributed by atoms with E-state index in [2.05, 4.69) is 42.3 Å². The van der Waals surface area contributed by atoms with Crippen molar-refractivity contribution in [1.82, 2.24) is 0 Å².